The van der Waals surface area contributed by atoms with E-state index in [-0.39, 0.29) is 18.6 Å². The first-order chi connectivity index (χ1) is 9.13. The molecule has 1 aromatic heterocycles. The van der Waals surface area contributed by atoms with Crippen LogP contribution in [0.3, 0.4) is 0 Å². The van der Waals surface area contributed by atoms with Crippen LogP contribution in [-0.2, 0) is 11.2 Å². The van der Waals surface area contributed by atoms with Gasteiger partial charge in [0.15, 0.2) is 5.13 Å². The summed E-state index contributed by atoms with van der Waals surface area (Å²) in [6.45, 7) is 5.43. The molecule has 2 heterocycles. The van der Waals surface area contributed by atoms with E-state index in [1.54, 1.807) is 0 Å². The molecule has 5 nitrogen and oxygen atoms in total. The maximum atomic E-state index is 12.0. The van der Waals surface area contributed by atoms with Gasteiger partial charge in [0.05, 0.1) is 18.8 Å². The maximum Gasteiger partial charge on any atom is 0.240 e. The molecule has 0 aromatic carbocycles. The first kappa shape index (κ1) is 14.4. The Hall–Kier alpha value is -0.980. The highest BCUT2D eigenvalue weighted by atomic mass is 32.1. The van der Waals surface area contributed by atoms with Gasteiger partial charge in [-0.3, -0.25) is 9.69 Å². The third-order valence-corrected chi connectivity index (χ3v) is 4.46. The first-order valence-electron chi connectivity index (χ1n) is 6.75. The number of aliphatic hydroxyl groups is 1. The lowest BCUT2D eigenvalue weighted by Crippen LogP contribution is -2.38. The Balaban J connectivity index is 1.90. The molecule has 6 heteroatoms. The van der Waals surface area contributed by atoms with E-state index in [0.717, 1.165) is 36.4 Å². The van der Waals surface area contributed by atoms with Gasteiger partial charge in [-0.15, -0.1) is 11.3 Å². The summed E-state index contributed by atoms with van der Waals surface area (Å²) in [5.74, 6) is -0.0447. The Bertz CT molecular complexity index is 447. The van der Waals surface area contributed by atoms with Crippen molar-refractivity contribution in [3.63, 3.8) is 0 Å². The number of aliphatic hydroxyl groups excluding tert-OH is 1. The van der Waals surface area contributed by atoms with E-state index in [2.05, 4.69) is 17.2 Å². The first-order valence-corrected chi connectivity index (χ1v) is 7.56. The molecule has 0 saturated carbocycles. The summed E-state index contributed by atoms with van der Waals surface area (Å²) < 4.78 is 0. The average molecular weight is 283 g/mol. The van der Waals surface area contributed by atoms with Gasteiger partial charge in [-0.1, -0.05) is 6.92 Å². The zero-order chi connectivity index (χ0) is 13.8. The molecule has 1 aliphatic heterocycles. The van der Waals surface area contributed by atoms with Gasteiger partial charge in [-0.2, -0.15) is 0 Å². The van der Waals surface area contributed by atoms with Gasteiger partial charge in [0.2, 0.25) is 5.91 Å². The minimum Gasteiger partial charge on any atom is -0.395 e. The average Bonchev–Trinajstić information content (AvgIpc) is 2.95. The lowest BCUT2D eigenvalue weighted by Gasteiger charge is -2.21. The van der Waals surface area contributed by atoms with Crippen molar-refractivity contribution in [2.45, 2.75) is 39.2 Å². The molecule has 19 heavy (non-hydrogen) atoms. The fourth-order valence-electron chi connectivity index (χ4n) is 2.46. The number of anilines is 1. The summed E-state index contributed by atoms with van der Waals surface area (Å²) in [4.78, 5) is 19.6. The second-order valence-corrected chi connectivity index (χ2v) is 6.08. The highest BCUT2D eigenvalue weighted by Crippen LogP contribution is 2.22. The smallest absolute Gasteiger partial charge is 0.240 e. The molecule has 0 radical (unpaired) electrons. The predicted octanol–water partition coefficient (Wildman–Crippen LogP) is 1.41. The molecular weight excluding hydrogens is 262 g/mol. The van der Waals surface area contributed by atoms with E-state index in [0.29, 0.717) is 11.7 Å². The zero-order valence-electron chi connectivity index (χ0n) is 11.5. The van der Waals surface area contributed by atoms with Gasteiger partial charge in [0.25, 0.3) is 0 Å². The highest BCUT2D eigenvalue weighted by Gasteiger charge is 2.25. The van der Waals surface area contributed by atoms with Crippen LogP contribution >= 0.6 is 11.3 Å². The minimum atomic E-state index is -0.0447. The molecule has 1 saturated heterocycles. The van der Waals surface area contributed by atoms with Crippen LogP contribution in [-0.4, -0.2) is 46.6 Å². The van der Waals surface area contributed by atoms with Crippen molar-refractivity contribution in [1.29, 1.82) is 0 Å². The topological polar surface area (TPSA) is 65.5 Å². The molecular formula is C13H21N3O2S. The van der Waals surface area contributed by atoms with Gasteiger partial charge >= 0.3 is 0 Å². The van der Waals surface area contributed by atoms with Crippen molar-refractivity contribution >= 4 is 22.4 Å². The fourth-order valence-corrected chi connectivity index (χ4v) is 3.38. The van der Waals surface area contributed by atoms with Crippen LogP contribution in [0.2, 0.25) is 0 Å². The third-order valence-electron chi connectivity index (χ3n) is 3.53. The van der Waals surface area contributed by atoms with Crippen LogP contribution in [0.5, 0.6) is 0 Å². The standard InChI is InChI=1S/C13H21N3O2S/c1-3-11-9(2)19-13(14-11)15-12(18)7-16-6-4-5-10(16)8-17/h10,17H,3-8H2,1-2H3,(H,14,15,18)/t10-/m0/s1. The Morgan fingerprint density at radius 1 is 1.63 bits per heavy atom. The van der Waals surface area contributed by atoms with E-state index in [9.17, 15) is 9.90 Å². The third kappa shape index (κ3) is 3.52. The largest absolute Gasteiger partial charge is 0.395 e. The van der Waals surface area contributed by atoms with E-state index < -0.39 is 0 Å². The second-order valence-electron chi connectivity index (χ2n) is 4.87. The monoisotopic (exact) mass is 283 g/mol. The van der Waals surface area contributed by atoms with E-state index >= 15 is 0 Å². The van der Waals surface area contributed by atoms with Crippen molar-refractivity contribution in [3.8, 4) is 0 Å². The van der Waals surface area contributed by atoms with Gasteiger partial charge in [0.1, 0.15) is 0 Å². The van der Waals surface area contributed by atoms with E-state index in [1.807, 2.05) is 11.8 Å². The molecule has 1 aliphatic rings. The molecule has 2 N–H and O–H groups in total. The summed E-state index contributed by atoms with van der Waals surface area (Å²) >= 11 is 1.52. The van der Waals surface area contributed by atoms with E-state index in [4.69, 9.17) is 0 Å². The highest BCUT2D eigenvalue weighted by molar-refractivity contribution is 7.15. The summed E-state index contributed by atoms with van der Waals surface area (Å²) in [6, 6.07) is 0.134. The number of rotatable bonds is 5. The summed E-state index contributed by atoms with van der Waals surface area (Å²) in [7, 11) is 0. The van der Waals surface area contributed by atoms with Crippen molar-refractivity contribution < 1.29 is 9.90 Å². The molecule has 1 aromatic rings. The summed E-state index contributed by atoms with van der Waals surface area (Å²) in [5, 5.41) is 12.8. The zero-order valence-corrected chi connectivity index (χ0v) is 12.3. The molecule has 0 spiro atoms. The number of amides is 1. The van der Waals surface area contributed by atoms with E-state index in [1.165, 1.54) is 11.3 Å². The van der Waals surface area contributed by atoms with Crippen LogP contribution in [0.15, 0.2) is 0 Å². The van der Waals surface area contributed by atoms with Crippen molar-refractivity contribution in [3.05, 3.63) is 10.6 Å². The number of hydrogen-bond donors (Lipinski definition) is 2. The normalized spacial score (nSPS) is 19.8. The van der Waals surface area contributed by atoms with Gasteiger partial charge in [0, 0.05) is 10.9 Å². The lowest BCUT2D eigenvalue weighted by molar-refractivity contribution is -0.117. The molecule has 1 amide bonds. The van der Waals surface area contributed by atoms with Crippen molar-refractivity contribution in [2.24, 2.45) is 0 Å². The number of carbonyl (C=O) groups excluding carboxylic acids is 1. The number of aryl methyl sites for hydroxylation is 2. The summed E-state index contributed by atoms with van der Waals surface area (Å²) in [6.07, 6.45) is 2.91. The van der Waals surface area contributed by atoms with Crippen molar-refractivity contribution in [1.82, 2.24) is 9.88 Å². The molecule has 0 aliphatic carbocycles. The second kappa shape index (κ2) is 6.45. The number of nitrogens with zero attached hydrogens (tertiary/aromatic N) is 2. The Kier molecular flexibility index (Phi) is 4.90. The van der Waals surface area contributed by atoms with Gasteiger partial charge < -0.3 is 10.4 Å². The molecule has 2 rings (SSSR count). The number of carbonyl (C=O) groups is 1. The van der Waals surface area contributed by atoms with Crippen molar-refractivity contribution in [2.75, 3.05) is 25.0 Å². The van der Waals surface area contributed by atoms with Crippen LogP contribution in [0.1, 0.15) is 30.3 Å². The number of likely N-dealkylation sites (tertiary alicyclic amines) is 1. The van der Waals surface area contributed by atoms with Gasteiger partial charge in [-0.05, 0) is 32.7 Å². The molecule has 1 fully saturated rings. The maximum absolute atomic E-state index is 12.0. The van der Waals surface area contributed by atoms with Crippen LogP contribution in [0.4, 0.5) is 5.13 Å². The predicted molar refractivity (Wildman–Crippen MR) is 76.5 cm³/mol. The molecule has 0 unspecified atom stereocenters. The fraction of sp³-hybridized carbons (Fsp3) is 0.692. The number of aromatic nitrogens is 1. The minimum absolute atomic E-state index is 0.0447. The van der Waals surface area contributed by atoms with Crippen LogP contribution in [0, 0.1) is 6.92 Å². The molecule has 0 bridgehead atoms. The Morgan fingerprint density at radius 3 is 3.05 bits per heavy atom. The molecule has 1 atom stereocenters. The number of hydrogen-bond acceptors (Lipinski definition) is 5. The van der Waals surface area contributed by atoms with Crippen LogP contribution < -0.4 is 5.32 Å². The molecule has 106 valence electrons. The van der Waals surface area contributed by atoms with Crippen LogP contribution in [0.25, 0.3) is 0 Å². The Morgan fingerprint density at radius 2 is 2.42 bits per heavy atom. The number of thiazole rings is 1. The number of nitrogens with one attached hydrogen (secondary N) is 1. The quantitative estimate of drug-likeness (QED) is 0.857. The summed E-state index contributed by atoms with van der Waals surface area (Å²) in [5.41, 5.74) is 1.05. The Labute approximate surface area is 117 Å². The van der Waals surface area contributed by atoms with Gasteiger partial charge in [-0.25, -0.2) is 4.98 Å². The lowest BCUT2D eigenvalue weighted by atomic mass is 10.2. The SMILES string of the molecule is CCc1nc(NC(=O)CN2CCC[C@H]2CO)sc1C.